The predicted molar refractivity (Wildman–Crippen MR) is 44.4 cm³/mol. The summed E-state index contributed by atoms with van der Waals surface area (Å²) in [5.41, 5.74) is 5.60. The van der Waals surface area contributed by atoms with E-state index in [1.807, 2.05) is 6.92 Å². The smallest absolute Gasteiger partial charge is 0.218 e. The summed E-state index contributed by atoms with van der Waals surface area (Å²) in [4.78, 5) is 8.03. The standard InChI is InChI=1S/C6H9N7/c1-3(7)4-10-6(13-12-4)5-8-2-9-11-5/h2-3H,7H2,1H3,(H,8,9,11)(H,10,12,13). The van der Waals surface area contributed by atoms with E-state index in [0.29, 0.717) is 17.5 Å². The molecule has 0 saturated carbocycles. The average molecular weight is 179 g/mol. The largest absolute Gasteiger partial charge is 0.322 e. The van der Waals surface area contributed by atoms with Crippen LogP contribution < -0.4 is 5.73 Å². The molecule has 68 valence electrons. The summed E-state index contributed by atoms with van der Waals surface area (Å²) in [6, 6.07) is -0.163. The van der Waals surface area contributed by atoms with Gasteiger partial charge in [0.2, 0.25) is 5.82 Å². The maximum absolute atomic E-state index is 5.60. The van der Waals surface area contributed by atoms with Crippen molar-refractivity contribution in [3.63, 3.8) is 0 Å². The highest BCUT2D eigenvalue weighted by Gasteiger charge is 2.09. The molecule has 0 fully saturated rings. The molecule has 0 aromatic carbocycles. The van der Waals surface area contributed by atoms with Crippen LogP contribution in [0.4, 0.5) is 0 Å². The van der Waals surface area contributed by atoms with E-state index in [4.69, 9.17) is 5.73 Å². The monoisotopic (exact) mass is 179 g/mol. The molecule has 7 heteroatoms. The minimum absolute atomic E-state index is 0.163. The first-order chi connectivity index (χ1) is 6.27. The number of nitrogens with zero attached hydrogens (tertiary/aromatic N) is 4. The van der Waals surface area contributed by atoms with E-state index >= 15 is 0 Å². The second-order valence-electron chi connectivity index (χ2n) is 2.67. The molecule has 2 rings (SSSR count). The first-order valence-corrected chi connectivity index (χ1v) is 3.81. The highest BCUT2D eigenvalue weighted by atomic mass is 15.3. The van der Waals surface area contributed by atoms with Gasteiger partial charge in [-0.15, -0.1) is 5.10 Å². The Morgan fingerprint density at radius 1 is 1.46 bits per heavy atom. The van der Waals surface area contributed by atoms with Gasteiger partial charge in [-0.2, -0.15) is 5.10 Å². The zero-order valence-corrected chi connectivity index (χ0v) is 7.02. The highest BCUT2D eigenvalue weighted by Crippen LogP contribution is 2.09. The second-order valence-corrected chi connectivity index (χ2v) is 2.67. The van der Waals surface area contributed by atoms with Crippen molar-refractivity contribution in [1.82, 2.24) is 30.4 Å². The van der Waals surface area contributed by atoms with Gasteiger partial charge < -0.3 is 5.73 Å². The van der Waals surface area contributed by atoms with E-state index in [1.165, 1.54) is 6.33 Å². The first kappa shape index (κ1) is 7.87. The summed E-state index contributed by atoms with van der Waals surface area (Å²) in [7, 11) is 0. The molecule has 4 N–H and O–H groups in total. The van der Waals surface area contributed by atoms with E-state index in [-0.39, 0.29) is 6.04 Å². The zero-order valence-electron chi connectivity index (χ0n) is 7.02. The Morgan fingerprint density at radius 3 is 2.85 bits per heavy atom. The minimum atomic E-state index is -0.163. The summed E-state index contributed by atoms with van der Waals surface area (Å²) < 4.78 is 0. The number of hydrogen-bond acceptors (Lipinski definition) is 5. The van der Waals surface area contributed by atoms with E-state index in [0.717, 1.165) is 0 Å². The van der Waals surface area contributed by atoms with Crippen molar-refractivity contribution < 1.29 is 0 Å². The van der Waals surface area contributed by atoms with Crippen molar-refractivity contribution in [3.05, 3.63) is 12.2 Å². The molecule has 1 unspecified atom stereocenters. The molecule has 0 radical (unpaired) electrons. The van der Waals surface area contributed by atoms with Gasteiger partial charge in [0.05, 0.1) is 6.04 Å². The van der Waals surface area contributed by atoms with Crippen LogP contribution in [-0.2, 0) is 0 Å². The lowest BCUT2D eigenvalue weighted by Gasteiger charge is -1.95. The van der Waals surface area contributed by atoms with Crippen molar-refractivity contribution in [3.8, 4) is 11.6 Å². The van der Waals surface area contributed by atoms with Crippen LogP contribution in [-0.4, -0.2) is 30.4 Å². The number of nitrogens with two attached hydrogens (primary N) is 1. The quantitative estimate of drug-likeness (QED) is 0.581. The number of H-pyrrole nitrogens is 2. The van der Waals surface area contributed by atoms with Gasteiger partial charge in [0.15, 0.2) is 5.82 Å². The SMILES string of the molecule is CC(N)c1nc(-c2ncn[nH]2)n[nH]1. The molecule has 13 heavy (non-hydrogen) atoms. The molecule has 0 aliphatic rings. The number of rotatable bonds is 2. The highest BCUT2D eigenvalue weighted by molar-refractivity contribution is 5.40. The van der Waals surface area contributed by atoms with Gasteiger partial charge in [-0.3, -0.25) is 10.2 Å². The minimum Gasteiger partial charge on any atom is -0.322 e. The molecule has 0 aliphatic heterocycles. The normalized spacial score (nSPS) is 13.1. The lowest BCUT2D eigenvalue weighted by Crippen LogP contribution is -2.06. The maximum atomic E-state index is 5.60. The van der Waals surface area contributed by atoms with Gasteiger partial charge in [-0.25, -0.2) is 9.97 Å². The van der Waals surface area contributed by atoms with Crippen molar-refractivity contribution in [2.45, 2.75) is 13.0 Å². The van der Waals surface area contributed by atoms with Crippen LogP contribution in [0.1, 0.15) is 18.8 Å². The van der Waals surface area contributed by atoms with Gasteiger partial charge in [0, 0.05) is 0 Å². The maximum Gasteiger partial charge on any atom is 0.218 e. The Hall–Kier alpha value is -1.76. The van der Waals surface area contributed by atoms with Crippen molar-refractivity contribution in [2.24, 2.45) is 5.73 Å². The number of aromatic amines is 2. The second kappa shape index (κ2) is 2.94. The Kier molecular flexibility index (Phi) is 1.78. The van der Waals surface area contributed by atoms with Gasteiger partial charge in [0.25, 0.3) is 0 Å². The number of hydrogen-bond donors (Lipinski definition) is 3. The van der Waals surface area contributed by atoms with Crippen LogP contribution >= 0.6 is 0 Å². The van der Waals surface area contributed by atoms with Gasteiger partial charge >= 0.3 is 0 Å². The van der Waals surface area contributed by atoms with Crippen LogP contribution in [0.2, 0.25) is 0 Å². The third-order valence-electron chi connectivity index (χ3n) is 1.56. The number of aromatic nitrogens is 6. The van der Waals surface area contributed by atoms with Gasteiger partial charge in [0.1, 0.15) is 12.2 Å². The molecule has 0 saturated heterocycles. The Labute approximate surface area is 73.8 Å². The molecular formula is C6H9N7. The molecule has 0 aliphatic carbocycles. The topological polar surface area (TPSA) is 109 Å². The van der Waals surface area contributed by atoms with E-state index < -0.39 is 0 Å². The van der Waals surface area contributed by atoms with Crippen LogP contribution in [0.3, 0.4) is 0 Å². The molecular weight excluding hydrogens is 170 g/mol. The fraction of sp³-hybridized carbons (Fsp3) is 0.333. The van der Waals surface area contributed by atoms with Crippen molar-refractivity contribution >= 4 is 0 Å². The third-order valence-corrected chi connectivity index (χ3v) is 1.56. The van der Waals surface area contributed by atoms with Gasteiger partial charge in [-0.05, 0) is 6.92 Å². The van der Waals surface area contributed by atoms with E-state index in [2.05, 4.69) is 30.4 Å². The summed E-state index contributed by atoms with van der Waals surface area (Å²) in [5, 5.41) is 13.0. The van der Waals surface area contributed by atoms with Crippen LogP contribution in [0, 0.1) is 0 Å². The molecule has 0 amide bonds. The summed E-state index contributed by atoms with van der Waals surface area (Å²) in [6.45, 7) is 1.82. The summed E-state index contributed by atoms with van der Waals surface area (Å²) in [6.07, 6.45) is 1.40. The lowest BCUT2D eigenvalue weighted by atomic mass is 10.3. The Bertz CT molecular complexity index is 373. The molecule has 2 heterocycles. The van der Waals surface area contributed by atoms with E-state index in [9.17, 15) is 0 Å². The molecule has 7 nitrogen and oxygen atoms in total. The molecule has 2 aromatic rings. The predicted octanol–water partition coefficient (Wildman–Crippen LogP) is -0.391. The first-order valence-electron chi connectivity index (χ1n) is 3.81. The summed E-state index contributed by atoms with van der Waals surface area (Å²) >= 11 is 0. The fourth-order valence-electron chi connectivity index (χ4n) is 0.897. The number of nitrogens with one attached hydrogen (secondary N) is 2. The molecule has 1 atom stereocenters. The van der Waals surface area contributed by atoms with Crippen LogP contribution in [0.15, 0.2) is 6.33 Å². The Balaban J connectivity index is 2.33. The molecule has 0 bridgehead atoms. The van der Waals surface area contributed by atoms with Gasteiger partial charge in [-0.1, -0.05) is 0 Å². The van der Waals surface area contributed by atoms with Crippen molar-refractivity contribution in [2.75, 3.05) is 0 Å². The van der Waals surface area contributed by atoms with Crippen LogP contribution in [0.25, 0.3) is 11.6 Å². The summed E-state index contributed by atoms with van der Waals surface area (Å²) in [5.74, 6) is 1.64. The average Bonchev–Trinajstić information content (AvgIpc) is 2.75. The Morgan fingerprint density at radius 2 is 2.31 bits per heavy atom. The van der Waals surface area contributed by atoms with E-state index in [1.54, 1.807) is 0 Å². The molecule has 0 spiro atoms. The fourth-order valence-corrected chi connectivity index (χ4v) is 0.897. The molecule has 2 aromatic heterocycles. The zero-order chi connectivity index (χ0) is 9.26. The van der Waals surface area contributed by atoms with Crippen LogP contribution in [0.5, 0.6) is 0 Å². The van der Waals surface area contributed by atoms with Crippen molar-refractivity contribution in [1.29, 1.82) is 0 Å². The lowest BCUT2D eigenvalue weighted by molar-refractivity contribution is 0.745. The third kappa shape index (κ3) is 1.41.